The van der Waals surface area contributed by atoms with E-state index in [-0.39, 0.29) is 17.1 Å². The molecule has 1 N–H and O–H groups in total. The van der Waals surface area contributed by atoms with E-state index in [1.165, 1.54) is 44.2 Å². The highest BCUT2D eigenvalue weighted by atomic mass is 16.6. The quantitative estimate of drug-likeness (QED) is 0.306. The first-order valence-electron chi connectivity index (χ1n) is 9.45. The third-order valence-corrected chi connectivity index (χ3v) is 4.86. The molecule has 1 aromatic heterocycles. The number of nitro groups is 1. The lowest BCUT2D eigenvalue weighted by atomic mass is 10.2. The van der Waals surface area contributed by atoms with Gasteiger partial charge < -0.3 is 19.4 Å². The number of benzene rings is 1. The van der Waals surface area contributed by atoms with Crippen LogP contribution in [0.15, 0.2) is 30.3 Å². The zero-order valence-electron chi connectivity index (χ0n) is 17.0. The van der Waals surface area contributed by atoms with Gasteiger partial charge in [-0.2, -0.15) is 0 Å². The maximum atomic E-state index is 12.0. The monoisotopic (exact) mass is 413 g/mol. The van der Waals surface area contributed by atoms with Gasteiger partial charge in [0.05, 0.1) is 18.1 Å². The highest BCUT2D eigenvalue weighted by molar-refractivity contribution is 5.96. The highest BCUT2D eigenvalue weighted by Crippen LogP contribution is 2.38. The van der Waals surface area contributed by atoms with E-state index in [2.05, 4.69) is 9.88 Å². The predicted molar refractivity (Wildman–Crippen MR) is 110 cm³/mol. The van der Waals surface area contributed by atoms with Crippen LogP contribution in [-0.2, 0) is 14.3 Å². The molecular formula is C21H23N3O6. The number of nitrogens with zero attached hydrogens (tertiary/aromatic N) is 2. The summed E-state index contributed by atoms with van der Waals surface area (Å²) < 4.78 is 12.2. The van der Waals surface area contributed by atoms with E-state index in [0.29, 0.717) is 6.04 Å². The summed E-state index contributed by atoms with van der Waals surface area (Å²) in [5, 5.41) is 13.5. The lowest BCUT2D eigenvalue weighted by molar-refractivity contribution is -0.384. The van der Waals surface area contributed by atoms with E-state index in [1.807, 2.05) is 19.9 Å². The summed E-state index contributed by atoms with van der Waals surface area (Å²) in [6.07, 6.45) is 5.27. The minimum atomic E-state index is -0.683. The number of hydrogen-bond donors (Lipinski definition) is 1. The molecule has 9 nitrogen and oxygen atoms in total. The summed E-state index contributed by atoms with van der Waals surface area (Å²) in [5.74, 6) is -1.07. The van der Waals surface area contributed by atoms with Gasteiger partial charge in [-0.3, -0.25) is 14.9 Å². The van der Waals surface area contributed by atoms with E-state index >= 15 is 0 Å². The van der Waals surface area contributed by atoms with Crippen LogP contribution >= 0.6 is 0 Å². The molecule has 9 heteroatoms. The van der Waals surface area contributed by atoms with Gasteiger partial charge >= 0.3 is 5.97 Å². The number of aromatic nitrogens is 1. The topological polar surface area (TPSA) is 113 Å². The Morgan fingerprint density at radius 1 is 1.30 bits per heavy atom. The van der Waals surface area contributed by atoms with Gasteiger partial charge in [0.25, 0.3) is 11.6 Å². The van der Waals surface area contributed by atoms with Gasteiger partial charge in [-0.1, -0.05) is 0 Å². The number of nitro benzene ring substituents is 1. The molecule has 1 heterocycles. The van der Waals surface area contributed by atoms with Crippen molar-refractivity contribution in [2.45, 2.75) is 32.7 Å². The fourth-order valence-electron chi connectivity index (χ4n) is 3.29. The first-order valence-corrected chi connectivity index (χ1v) is 9.45. The number of carbonyl (C=O) groups excluding carboxylic acids is 2. The lowest BCUT2D eigenvalue weighted by Gasteiger charge is -2.07. The van der Waals surface area contributed by atoms with Crippen molar-refractivity contribution >= 4 is 29.3 Å². The number of hydrogen-bond acceptors (Lipinski definition) is 6. The Morgan fingerprint density at radius 3 is 2.67 bits per heavy atom. The summed E-state index contributed by atoms with van der Waals surface area (Å²) in [6, 6.07) is 6.58. The number of nitrogens with one attached hydrogen (secondary N) is 1. The van der Waals surface area contributed by atoms with E-state index in [4.69, 9.17) is 9.47 Å². The second kappa shape index (κ2) is 8.81. The maximum Gasteiger partial charge on any atom is 0.331 e. The van der Waals surface area contributed by atoms with Crippen molar-refractivity contribution in [3.8, 4) is 5.75 Å². The third-order valence-electron chi connectivity index (χ3n) is 4.86. The van der Waals surface area contributed by atoms with Crippen LogP contribution in [0.3, 0.4) is 0 Å². The number of aryl methyl sites for hydroxylation is 1. The summed E-state index contributed by atoms with van der Waals surface area (Å²) in [6.45, 7) is 3.47. The standard InChI is InChI=1S/C21H23N3O6/c1-13-10-15(14(2)23(13)16-5-6-16)4-9-21(26)30-12-20(25)22-18-8-7-17(29-3)11-19(18)24(27)28/h4,7-11,16H,5-6,12H2,1-3H3,(H,22,25)/b9-4+. The summed E-state index contributed by atoms with van der Waals surface area (Å²) in [4.78, 5) is 34.5. The highest BCUT2D eigenvalue weighted by Gasteiger charge is 2.26. The fraction of sp³-hybridized carbons (Fsp3) is 0.333. The normalized spacial score (nSPS) is 13.3. The van der Waals surface area contributed by atoms with Crippen LogP contribution in [0.1, 0.15) is 35.8 Å². The minimum absolute atomic E-state index is 0.00935. The SMILES string of the molecule is COc1ccc(NC(=O)COC(=O)/C=C/c2cc(C)n(C3CC3)c2C)c([N+](=O)[O-])c1. The van der Waals surface area contributed by atoms with Crippen molar-refractivity contribution in [2.24, 2.45) is 0 Å². The molecule has 0 radical (unpaired) electrons. The average Bonchev–Trinajstić information content (AvgIpc) is 3.50. The Balaban J connectivity index is 1.56. The molecule has 0 saturated heterocycles. The average molecular weight is 413 g/mol. The van der Waals surface area contributed by atoms with Crippen LogP contribution in [-0.4, -0.2) is 35.1 Å². The molecule has 1 fully saturated rings. The zero-order valence-corrected chi connectivity index (χ0v) is 17.0. The van der Waals surface area contributed by atoms with Gasteiger partial charge in [-0.25, -0.2) is 4.79 Å². The molecule has 3 rings (SSSR count). The Morgan fingerprint density at radius 2 is 2.03 bits per heavy atom. The van der Waals surface area contributed by atoms with Gasteiger partial charge in [0.15, 0.2) is 6.61 Å². The van der Waals surface area contributed by atoms with E-state index < -0.39 is 23.4 Å². The van der Waals surface area contributed by atoms with E-state index in [9.17, 15) is 19.7 Å². The largest absolute Gasteiger partial charge is 0.496 e. The van der Waals surface area contributed by atoms with Crippen molar-refractivity contribution in [3.63, 3.8) is 0 Å². The summed E-state index contributed by atoms with van der Waals surface area (Å²) >= 11 is 0. The van der Waals surface area contributed by atoms with E-state index in [0.717, 1.165) is 17.0 Å². The Bertz CT molecular complexity index is 1020. The maximum absolute atomic E-state index is 12.0. The van der Waals surface area contributed by atoms with Crippen LogP contribution < -0.4 is 10.1 Å². The molecule has 2 aromatic rings. The minimum Gasteiger partial charge on any atom is -0.496 e. The van der Waals surface area contributed by atoms with Gasteiger partial charge in [0.2, 0.25) is 0 Å². The Hall–Kier alpha value is -3.62. The fourth-order valence-corrected chi connectivity index (χ4v) is 3.29. The number of methoxy groups -OCH3 is 1. The zero-order chi connectivity index (χ0) is 21.8. The second-order valence-corrected chi connectivity index (χ2v) is 7.06. The molecule has 1 saturated carbocycles. The molecule has 0 bridgehead atoms. The molecule has 0 spiro atoms. The molecule has 1 amide bonds. The molecule has 30 heavy (non-hydrogen) atoms. The van der Waals surface area contributed by atoms with Crippen molar-refractivity contribution in [3.05, 3.63) is 57.4 Å². The van der Waals surface area contributed by atoms with Crippen molar-refractivity contribution in [1.29, 1.82) is 0 Å². The van der Waals surface area contributed by atoms with Crippen LogP contribution in [0.4, 0.5) is 11.4 Å². The van der Waals surface area contributed by atoms with Gasteiger partial charge in [-0.05, 0) is 56.5 Å². The molecule has 0 unspecified atom stereocenters. The van der Waals surface area contributed by atoms with Crippen molar-refractivity contribution < 1.29 is 24.0 Å². The molecule has 1 aliphatic rings. The van der Waals surface area contributed by atoms with E-state index in [1.54, 1.807) is 6.08 Å². The molecule has 0 atom stereocenters. The number of amides is 1. The lowest BCUT2D eigenvalue weighted by Crippen LogP contribution is -2.20. The molecule has 158 valence electrons. The number of anilines is 1. The first-order chi connectivity index (χ1) is 14.3. The molecule has 0 aliphatic heterocycles. The Kier molecular flexibility index (Phi) is 6.20. The van der Waals surface area contributed by atoms with Gasteiger partial charge in [0.1, 0.15) is 11.4 Å². The molecule has 1 aromatic carbocycles. The van der Waals surface area contributed by atoms with Gasteiger partial charge in [0, 0.05) is 23.5 Å². The summed E-state index contributed by atoms with van der Waals surface area (Å²) in [5.41, 5.74) is 2.83. The predicted octanol–water partition coefficient (Wildman–Crippen LogP) is 3.55. The Labute approximate surface area is 173 Å². The summed E-state index contributed by atoms with van der Waals surface area (Å²) in [7, 11) is 1.38. The first kappa shape index (κ1) is 21.1. The number of ether oxygens (including phenoxy) is 2. The van der Waals surface area contributed by atoms with Crippen LogP contribution in [0.5, 0.6) is 5.75 Å². The number of carbonyl (C=O) groups is 2. The van der Waals surface area contributed by atoms with Gasteiger partial charge in [-0.15, -0.1) is 0 Å². The third kappa shape index (κ3) is 4.86. The number of esters is 1. The van der Waals surface area contributed by atoms with Crippen LogP contribution in [0, 0.1) is 24.0 Å². The van der Waals surface area contributed by atoms with Crippen LogP contribution in [0.25, 0.3) is 6.08 Å². The van der Waals surface area contributed by atoms with Crippen LogP contribution in [0.2, 0.25) is 0 Å². The molecule has 1 aliphatic carbocycles. The van der Waals surface area contributed by atoms with Crippen molar-refractivity contribution in [2.75, 3.05) is 19.0 Å². The van der Waals surface area contributed by atoms with Crippen molar-refractivity contribution in [1.82, 2.24) is 4.57 Å². The smallest absolute Gasteiger partial charge is 0.331 e. The number of rotatable bonds is 8. The molecular weight excluding hydrogens is 390 g/mol. The second-order valence-electron chi connectivity index (χ2n) is 7.06.